The number of rotatable bonds is 8. The zero-order valence-electron chi connectivity index (χ0n) is 14.5. The fraction of sp³-hybridized carbons (Fsp3) is 0.474. The molecule has 1 aromatic carbocycles. The fourth-order valence-corrected chi connectivity index (χ4v) is 4.53. The number of fused-ring (bicyclic) bond motifs is 1. The highest BCUT2D eigenvalue weighted by Gasteiger charge is 2.16. The smallest absolute Gasteiger partial charge is 0.337 e. The lowest BCUT2D eigenvalue weighted by Crippen LogP contribution is -2.36. The van der Waals surface area contributed by atoms with Crippen LogP contribution in [0.5, 0.6) is 0 Å². The zero-order valence-corrected chi connectivity index (χ0v) is 16.1. The van der Waals surface area contributed by atoms with E-state index < -0.39 is 0 Å². The minimum Gasteiger partial charge on any atom is -0.423 e. The maximum Gasteiger partial charge on any atom is 0.337 e. The van der Waals surface area contributed by atoms with Crippen molar-refractivity contribution in [3.8, 4) is 0 Å². The maximum absolute atomic E-state index is 11.8. The van der Waals surface area contributed by atoms with Crippen molar-refractivity contribution in [2.24, 2.45) is 0 Å². The number of benzene rings is 1. The molecule has 0 aliphatic carbocycles. The standard InChI is InChI=1S/C19H23NO3S2/c1-2-19(22)25-11-4-3-10-24-17-13-18(21)23-16-7-6-14(12-15(16)17)20-8-5-9-20/h6-7,12-13H,2-5,8-11H2,1H3. The van der Waals surface area contributed by atoms with Gasteiger partial charge in [-0.15, -0.1) is 11.8 Å². The molecule has 1 fully saturated rings. The van der Waals surface area contributed by atoms with Gasteiger partial charge in [0.25, 0.3) is 0 Å². The van der Waals surface area contributed by atoms with Crippen LogP contribution in [0.4, 0.5) is 5.69 Å². The molecule has 0 radical (unpaired) electrons. The number of carbonyl (C=O) groups is 1. The van der Waals surface area contributed by atoms with Crippen molar-refractivity contribution in [2.75, 3.05) is 29.5 Å². The lowest BCUT2D eigenvalue weighted by molar-refractivity contribution is -0.110. The van der Waals surface area contributed by atoms with E-state index in [1.165, 1.54) is 23.9 Å². The zero-order chi connectivity index (χ0) is 17.6. The number of carbonyl (C=O) groups excluding carboxylic acids is 1. The predicted octanol–water partition coefficient (Wildman–Crippen LogP) is 4.55. The second kappa shape index (κ2) is 8.81. The summed E-state index contributed by atoms with van der Waals surface area (Å²) >= 11 is 3.13. The molecule has 6 heteroatoms. The van der Waals surface area contributed by atoms with Gasteiger partial charge >= 0.3 is 5.63 Å². The molecule has 0 N–H and O–H groups in total. The Hall–Kier alpha value is -1.40. The van der Waals surface area contributed by atoms with Gasteiger partial charge in [0.1, 0.15) is 5.58 Å². The SMILES string of the molecule is CCC(=O)SCCCCSc1cc(=O)oc2ccc(N3CCC3)cc12. The molecule has 1 saturated heterocycles. The molecule has 1 aliphatic heterocycles. The van der Waals surface area contributed by atoms with Crippen molar-refractivity contribution in [1.29, 1.82) is 0 Å². The Bertz CT molecular complexity index is 799. The summed E-state index contributed by atoms with van der Waals surface area (Å²) in [7, 11) is 0. The van der Waals surface area contributed by atoms with E-state index in [-0.39, 0.29) is 10.7 Å². The largest absolute Gasteiger partial charge is 0.423 e. The molecule has 0 spiro atoms. The Morgan fingerprint density at radius 2 is 2.00 bits per heavy atom. The number of hydrogen-bond acceptors (Lipinski definition) is 6. The molecule has 0 saturated carbocycles. The average Bonchev–Trinajstić information content (AvgIpc) is 2.56. The van der Waals surface area contributed by atoms with Crippen molar-refractivity contribution in [3.63, 3.8) is 0 Å². The van der Waals surface area contributed by atoms with Crippen molar-refractivity contribution >= 4 is 45.3 Å². The maximum atomic E-state index is 11.8. The Morgan fingerprint density at radius 3 is 2.72 bits per heavy atom. The lowest BCUT2D eigenvalue weighted by Gasteiger charge is -2.33. The molecule has 1 aliphatic rings. The van der Waals surface area contributed by atoms with Crippen molar-refractivity contribution < 1.29 is 9.21 Å². The first-order valence-electron chi connectivity index (χ1n) is 8.78. The minimum absolute atomic E-state index is 0.262. The van der Waals surface area contributed by atoms with E-state index in [0.717, 1.165) is 47.7 Å². The number of nitrogens with zero attached hydrogens (tertiary/aromatic N) is 1. The van der Waals surface area contributed by atoms with E-state index in [1.807, 2.05) is 19.1 Å². The number of hydrogen-bond donors (Lipinski definition) is 0. The molecule has 1 aromatic heterocycles. The summed E-state index contributed by atoms with van der Waals surface area (Å²) in [6.45, 7) is 4.09. The highest BCUT2D eigenvalue weighted by atomic mass is 32.2. The molecule has 0 amide bonds. The molecule has 25 heavy (non-hydrogen) atoms. The van der Waals surface area contributed by atoms with E-state index in [4.69, 9.17) is 4.42 Å². The third kappa shape index (κ3) is 4.82. The number of anilines is 1. The third-order valence-electron chi connectivity index (χ3n) is 4.26. The topological polar surface area (TPSA) is 50.5 Å². The molecule has 134 valence electrons. The van der Waals surface area contributed by atoms with Gasteiger partial charge in [-0.25, -0.2) is 4.79 Å². The first kappa shape index (κ1) is 18.4. The van der Waals surface area contributed by atoms with Crippen molar-refractivity contribution in [2.45, 2.75) is 37.5 Å². The van der Waals surface area contributed by atoms with E-state index in [2.05, 4.69) is 11.0 Å². The summed E-state index contributed by atoms with van der Waals surface area (Å²) in [6.07, 6.45) is 3.89. The molecule has 3 rings (SSSR count). The third-order valence-corrected chi connectivity index (χ3v) is 6.50. The van der Waals surface area contributed by atoms with Crippen molar-refractivity contribution in [3.05, 3.63) is 34.7 Å². The summed E-state index contributed by atoms with van der Waals surface area (Å²) in [4.78, 5) is 26.4. The van der Waals surface area contributed by atoms with Crippen molar-refractivity contribution in [1.82, 2.24) is 0 Å². The number of thioether (sulfide) groups is 2. The molecule has 2 aromatic rings. The van der Waals surface area contributed by atoms with Crippen LogP contribution in [0.15, 0.2) is 38.4 Å². The summed E-state index contributed by atoms with van der Waals surface area (Å²) in [5, 5.41) is 1.28. The summed E-state index contributed by atoms with van der Waals surface area (Å²) in [6, 6.07) is 7.67. The summed E-state index contributed by atoms with van der Waals surface area (Å²) < 4.78 is 5.34. The second-order valence-corrected chi connectivity index (χ2v) is 8.37. The van der Waals surface area contributed by atoms with Crippen LogP contribution in [0.2, 0.25) is 0 Å². The Kier molecular flexibility index (Phi) is 6.48. The van der Waals surface area contributed by atoms with Gasteiger partial charge in [0.15, 0.2) is 5.12 Å². The van der Waals surface area contributed by atoms with Gasteiger partial charge in [-0.05, 0) is 43.2 Å². The molecule has 4 nitrogen and oxygen atoms in total. The van der Waals surface area contributed by atoms with E-state index in [0.29, 0.717) is 12.0 Å². The van der Waals surface area contributed by atoms with E-state index in [9.17, 15) is 9.59 Å². The van der Waals surface area contributed by atoms with Crippen LogP contribution in [-0.4, -0.2) is 29.7 Å². The summed E-state index contributed by atoms with van der Waals surface area (Å²) in [5.74, 6) is 1.82. The van der Waals surface area contributed by atoms with Crippen LogP contribution < -0.4 is 10.5 Å². The Labute approximate surface area is 156 Å². The normalized spacial score (nSPS) is 13.9. The Morgan fingerprint density at radius 1 is 1.20 bits per heavy atom. The minimum atomic E-state index is -0.296. The van der Waals surface area contributed by atoms with Crippen LogP contribution in [0, 0.1) is 0 Å². The monoisotopic (exact) mass is 377 g/mol. The Balaban J connectivity index is 1.63. The highest BCUT2D eigenvalue weighted by Crippen LogP contribution is 2.31. The van der Waals surface area contributed by atoms with Crippen LogP contribution in [0.3, 0.4) is 0 Å². The molecule has 0 bridgehead atoms. The highest BCUT2D eigenvalue weighted by molar-refractivity contribution is 8.13. The van der Waals surface area contributed by atoms with Crippen LogP contribution in [0.1, 0.15) is 32.6 Å². The number of unbranched alkanes of at least 4 members (excludes halogenated alkanes) is 1. The fourth-order valence-electron chi connectivity index (χ4n) is 2.69. The van der Waals surface area contributed by atoms with E-state index >= 15 is 0 Å². The molecular formula is C19H23NO3S2. The van der Waals surface area contributed by atoms with Gasteiger partial charge in [-0.1, -0.05) is 18.7 Å². The van der Waals surface area contributed by atoms with Gasteiger partial charge in [-0.3, -0.25) is 4.79 Å². The summed E-state index contributed by atoms with van der Waals surface area (Å²) in [5.41, 5.74) is 1.56. The van der Waals surface area contributed by atoms with Gasteiger partial charge in [0, 0.05) is 47.3 Å². The van der Waals surface area contributed by atoms with Crippen LogP contribution in [-0.2, 0) is 4.79 Å². The van der Waals surface area contributed by atoms with Gasteiger partial charge in [0.05, 0.1) is 0 Å². The van der Waals surface area contributed by atoms with Gasteiger partial charge < -0.3 is 9.32 Å². The quantitative estimate of drug-likeness (QED) is 0.382. The first-order chi connectivity index (χ1) is 12.2. The molecule has 2 heterocycles. The molecular weight excluding hydrogens is 354 g/mol. The van der Waals surface area contributed by atoms with Gasteiger partial charge in [-0.2, -0.15) is 0 Å². The van der Waals surface area contributed by atoms with Crippen LogP contribution in [0.25, 0.3) is 11.0 Å². The molecule has 0 unspecified atom stereocenters. The average molecular weight is 378 g/mol. The van der Waals surface area contributed by atoms with E-state index in [1.54, 1.807) is 17.8 Å². The van der Waals surface area contributed by atoms with Crippen LogP contribution >= 0.6 is 23.5 Å². The second-order valence-electron chi connectivity index (χ2n) is 6.08. The van der Waals surface area contributed by atoms with Gasteiger partial charge in [0.2, 0.25) is 0 Å². The lowest BCUT2D eigenvalue weighted by atomic mass is 10.1. The molecule has 0 atom stereocenters. The predicted molar refractivity (Wildman–Crippen MR) is 107 cm³/mol. The first-order valence-corrected chi connectivity index (χ1v) is 10.8.